The van der Waals surface area contributed by atoms with Gasteiger partial charge >= 0.3 is 5.97 Å². The maximum Gasteiger partial charge on any atom is 0.307 e. The fourth-order valence-corrected chi connectivity index (χ4v) is 2.73. The second-order valence-corrected chi connectivity index (χ2v) is 6.43. The minimum absolute atomic E-state index is 0.192. The maximum absolute atomic E-state index is 11.2. The van der Waals surface area contributed by atoms with E-state index in [-0.39, 0.29) is 5.92 Å². The van der Waals surface area contributed by atoms with E-state index in [0.717, 1.165) is 38.5 Å². The lowest BCUT2D eigenvalue weighted by atomic mass is 9.93. The third-order valence-corrected chi connectivity index (χ3v) is 3.90. The molecule has 1 heterocycles. The number of carboxylic acids is 1. The summed E-state index contributed by atoms with van der Waals surface area (Å²) in [7, 11) is 0. The van der Waals surface area contributed by atoms with Crippen molar-refractivity contribution in [1.29, 1.82) is 0 Å². The van der Waals surface area contributed by atoms with Gasteiger partial charge in [0.2, 0.25) is 0 Å². The molecule has 2 N–H and O–H groups in total. The number of hydrogen-bond donors (Lipinski definition) is 2. The Bertz CT molecular complexity index is 290. The molecule has 0 aromatic heterocycles. The third-order valence-electron chi connectivity index (χ3n) is 3.90. The fraction of sp³-hybridized carbons (Fsp3) is 0.929. The number of rotatable bonds is 6. The van der Waals surface area contributed by atoms with Gasteiger partial charge in [-0.2, -0.15) is 0 Å². The molecule has 1 saturated carbocycles. The van der Waals surface area contributed by atoms with Crippen molar-refractivity contribution in [3.63, 3.8) is 0 Å². The van der Waals surface area contributed by atoms with Crippen LogP contribution in [0.15, 0.2) is 0 Å². The summed E-state index contributed by atoms with van der Waals surface area (Å²) < 4.78 is 0. The summed E-state index contributed by atoms with van der Waals surface area (Å²) in [6, 6.07) is 0.348. The molecule has 1 aliphatic heterocycles. The van der Waals surface area contributed by atoms with Crippen molar-refractivity contribution >= 4 is 5.97 Å². The normalized spacial score (nSPS) is 29.7. The van der Waals surface area contributed by atoms with Gasteiger partial charge in [0.1, 0.15) is 0 Å². The zero-order chi connectivity index (χ0) is 13.1. The summed E-state index contributed by atoms with van der Waals surface area (Å²) in [5.41, 5.74) is 0. The van der Waals surface area contributed by atoms with Gasteiger partial charge in [0.05, 0.1) is 5.92 Å². The second kappa shape index (κ2) is 6.02. The quantitative estimate of drug-likeness (QED) is 0.752. The first-order valence-corrected chi connectivity index (χ1v) is 7.23. The standard InChI is InChI=1S/C14H26N2O2/c1-10(2)6-15-13-5-12(14(17)18)8-16(9-13)7-11-3-4-11/h10-13,15H,3-9H2,1-2H3,(H,17,18). The highest BCUT2D eigenvalue weighted by Gasteiger charge is 2.34. The van der Waals surface area contributed by atoms with Gasteiger partial charge in [-0.3, -0.25) is 4.79 Å². The monoisotopic (exact) mass is 254 g/mol. The number of aliphatic carboxylic acids is 1. The van der Waals surface area contributed by atoms with Crippen molar-refractivity contribution in [2.75, 3.05) is 26.2 Å². The molecule has 1 aliphatic carbocycles. The Morgan fingerprint density at radius 3 is 2.67 bits per heavy atom. The van der Waals surface area contributed by atoms with Crippen LogP contribution < -0.4 is 5.32 Å². The van der Waals surface area contributed by atoms with E-state index < -0.39 is 5.97 Å². The molecule has 4 heteroatoms. The highest BCUT2D eigenvalue weighted by atomic mass is 16.4. The van der Waals surface area contributed by atoms with E-state index in [9.17, 15) is 9.90 Å². The zero-order valence-corrected chi connectivity index (χ0v) is 11.6. The highest BCUT2D eigenvalue weighted by Crippen LogP contribution is 2.31. The first-order chi connectivity index (χ1) is 8.54. The van der Waals surface area contributed by atoms with E-state index in [1.165, 1.54) is 12.8 Å². The van der Waals surface area contributed by atoms with Crippen molar-refractivity contribution in [1.82, 2.24) is 10.2 Å². The van der Waals surface area contributed by atoms with Gasteiger partial charge in [0, 0.05) is 25.7 Å². The Balaban J connectivity index is 1.85. The van der Waals surface area contributed by atoms with E-state index in [1.54, 1.807) is 0 Å². The summed E-state index contributed by atoms with van der Waals surface area (Å²) in [6.45, 7) is 8.22. The van der Waals surface area contributed by atoms with Gasteiger partial charge < -0.3 is 15.3 Å². The number of piperidine rings is 1. The molecule has 1 saturated heterocycles. The lowest BCUT2D eigenvalue weighted by molar-refractivity contribution is -0.144. The molecule has 4 nitrogen and oxygen atoms in total. The number of nitrogens with one attached hydrogen (secondary N) is 1. The molecular formula is C14H26N2O2. The number of carboxylic acid groups (broad SMARTS) is 1. The Morgan fingerprint density at radius 2 is 2.11 bits per heavy atom. The first-order valence-electron chi connectivity index (χ1n) is 7.23. The Kier molecular flexibility index (Phi) is 4.62. The Labute approximate surface area is 110 Å². The van der Waals surface area contributed by atoms with Crippen LogP contribution in [0, 0.1) is 17.8 Å². The highest BCUT2D eigenvalue weighted by molar-refractivity contribution is 5.70. The summed E-state index contributed by atoms with van der Waals surface area (Å²) in [5, 5.41) is 12.8. The Hall–Kier alpha value is -0.610. The molecule has 0 amide bonds. The lowest BCUT2D eigenvalue weighted by Crippen LogP contribution is -2.52. The summed E-state index contributed by atoms with van der Waals surface area (Å²) in [4.78, 5) is 13.6. The number of nitrogens with zero attached hydrogens (tertiary/aromatic N) is 1. The SMILES string of the molecule is CC(C)CNC1CC(C(=O)O)CN(CC2CC2)C1. The van der Waals surface area contributed by atoms with Crippen LogP contribution in [0.1, 0.15) is 33.1 Å². The number of hydrogen-bond acceptors (Lipinski definition) is 3. The molecule has 0 aromatic carbocycles. The van der Waals surface area contributed by atoms with Crippen LogP contribution in [0.4, 0.5) is 0 Å². The molecule has 0 bridgehead atoms. The van der Waals surface area contributed by atoms with E-state index >= 15 is 0 Å². The fourth-order valence-electron chi connectivity index (χ4n) is 2.73. The van der Waals surface area contributed by atoms with Crippen molar-refractivity contribution in [3.05, 3.63) is 0 Å². The van der Waals surface area contributed by atoms with E-state index in [2.05, 4.69) is 24.1 Å². The third kappa shape index (κ3) is 4.25. The molecule has 2 atom stereocenters. The second-order valence-electron chi connectivity index (χ2n) is 6.43. The topological polar surface area (TPSA) is 52.6 Å². The molecule has 0 radical (unpaired) electrons. The molecule has 2 aliphatic rings. The summed E-state index contributed by atoms with van der Waals surface area (Å²) in [6.07, 6.45) is 3.44. The van der Waals surface area contributed by atoms with Crippen LogP contribution in [0.2, 0.25) is 0 Å². The van der Waals surface area contributed by atoms with Crippen molar-refractivity contribution in [3.8, 4) is 0 Å². The van der Waals surface area contributed by atoms with Crippen LogP contribution in [0.3, 0.4) is 0 Å². The molecule has 18 heavy (non-hydrogen) atoms. The average molecular weight is 254 g/mol. The first kappa shape index (κ1) is 13.8. The van der Waals surface area contributed by atoms with Crippen molar-refractivity contribution in [2.24, 2.45) is 17.8 Å². The molecular weight excluding hydrogens is 228 g/mol. The molecule has 0 spiro atoms. The molecule has 104 valence electrons. The number of likely N-dealkylation sites (tertiary alicyclic amines) is 1. The van der Waals surface area contributed by atoms with E-state index in [0.29, 0.717) is 12.0 Å². The van der Waals surface area contributed by atoms with Gasteiger partial charge in [-0.25, -0.2) is 0 Å². The van der Waals surface area contributed by atoms with E-state index in [4.69, 9.17) is 0 Å². The van der Waals surface area contributed by atoms with Gasteiger partial charge in [-0.05, 0) is 37.6 Å². The van der Waals surface area contributed by atoms with Crippen molar-refractivity contribution < 1.29 is 9.90 Å². The predicted molar refractivity (Wildman–Crippen MR) is 71.5 cm³/mol. The van der Waals surface area contributed by atoms with E-state index in [1.807, 2.05) is 0 Å². The van der Waals surface area contributed by atoms with Gasteiger partial charge in [0.25, 0.3) is 0 Å². The van der Waals surface area contributed by atoms with Gasteiger partial charge in [-0.1, -0.05) is 13.8 Å². The van der Waals surface area contributed by atoms with Crippen LogP contribution >= 0.6 is 0 Å². The largest absolute Gasteiger partial charge is 0.481 e. The van der Waals surface area contributed by atoms with Crippen LogP contribution in [0.25, 0.3) is 0 Å². The molecule has 0 aromatic rings. The Morgan fingerprint density at radius 1 is 1.39 bits per heavy atom. The van der Waals surface area contributed by atoms with Gasteiger partial charge in [0.15, 0.2) is 0 Å². The summed E-state index contributed by atoms with van der Waals surface area (Å²) in [5.74, 6) is 0.629. The lowest BCUT2D eigenvalue weighted by Gasteiger charge is -2.37. The summed E-state index contributed by atoms with van der Waals surface area (Å²) >= 11 is 0. The van der Waals surface area contributed by atoms with Crippen molar-refractivity contribution in [2.45, 2.75) is 39.2 Å². The zero-order valence-electron chi connectivity index (χ0n) is 11.6. The smallest absolute Gasteiger partial charge is 0.307 e. The predicted octanol–water partition coefficient (Wildman–Crippen LogP) is 1.42. The number of carbonyl (C=O) groups is 1. The maximum atomic E-state index is 11.2. The van der Waals surface area contributed by atoms with Crippen LogP contribution in [0.5, 0.6) is 0 Å². The van der Waals surface area contributed by atoms with Gasteiger partial charge in [-0.15, -0.1) is 0 Å². The van der Waals surface area contributed by atoms with Crippen LogP contribution in [-0.2, 0) is 4.79 Å². The molecule has 2 rings (SSSR count). The van der Waals surface area contributed by atoms with Crippen LogP contribution in [-0.4, -0.2) is 48.2 Å². The molecule has 2 unspecified atom stereocenters. The minimum Gasteiger partial charge on any atom is -0.481 e. The molecule has 2 fully saturated rings. The average Bonchev–Trinajstić information content (AvgIpc) is 3.10. The minimum atomic E-state index is -0.633.